The van der Waals surface area contributed by atoms with E-state index in [9.17, 15) is 19.2 Å². The number of hydrogen-bond acceptors (Lipinski definition) is 7. The van der Waals surface area contributed by atoms with Crippen molar-refractivity contribution in [1.29, 1.82) is 0 Å². The smallest absolute Gasteiger partial charge is 0.331 e. The standard InChI is InChI=1S/C19H25N3O7/c1-12(2)9-21-19(26)22-17(24)11-29-18(25)7-5-13-4-6-14(15(8-13)27-3)28-10-16(20)23/h4-8,12H,9-11H2,1-3H3,(H2,20,23)(H2,21,22,24,26)/b7-5+. The maximum atomic E-state index is 11.7. The molecule has 0 unspecified atom stereocenters. The van der Waals surface area contributed by atoms with Gasteiger partial charge in [-0.1, -0.05) is 19.9 Å². The van der Waals surface area contributed by atoms with E-state index in [1.54, 1.807) is 18.2 Å². The number of imide groups is 1. The number of carbonyl (C=O) groups excluding carboxylic acids is 4. The van der Waals surface area contributed by atoms with E-state index in [0.29, 0.717) is 23.6 Å². The van der Waals surface area contributed by atoms with Gasteiger partial charge in [0.25, 0.3) is 11.8 Å². The molecule has 0 aliphatic heterocycles. The van der Waals surface area contributed by atoms with Crippen LogP contribution in [0.3, 0.4) is 0 Å². The molecule has 1 aromatic rings. The molecule has 0 saturated carbocycles. The van der Waals surface area contributed by atoms with Gasteiger partial charge in [-0.05, 0) is 29.7 Å². The van der Waals surface area contributed by atoms with Gasteiger partial charge < -0.3 is 25.3 Å². The molecule has 0 radical (unpaired) electrons. The highest BCUT2D eigenvalue weighted by molar-refractivity contribution is 5.96. The first kappa shape index (κ1) is 23.5. The third kappa shape index (κ3) is 9.80. The Hall–Kier alpha value is -3.56. The van der Waals surface area contributed by atoms with Gasteiger partial charge in [0.05, 0.1) is 7.11 Å². The summed E-state index contributed by atoms with van der Waals surface area (Å²) >= 11 is 0. The lowest BCUT2D eigenvalue weighted by atomic mass is 10.2. The van der Waals surface area contributed by atoms with E-state index in [2.05, 4.69) is 10.6 Å². The first-order valence-corrected chi connectivity index (χ1v) is 8.73. The number of rotatable bonds is 10. The maximum absolute atomic E-state index is 11.7. The number of ether oxygens (including phenoxy) is 3. The molecule has 4 amide bonds. The Bertz CT molecular complexity index is 775. The van der Waals surface area contributed by atoms with Crippen molar-refractivity contribution in [2.45, 2.75) is 13.8 Å². The predicted octanol–water partition coefficient (Wildman–Crippen LogP) is 0.598. The largest absolute Gasteiger partial charge is 0.493 e. The molecule has 1 aromatic carbocycles. The summed E-state index contributed by atoms with van der Waals surface area (Å²) in [7, 11) is 1.42. The number of urea groups is 1. The Kier molecular flexibility index (Phi) is 9.72. The Morgan fingerprint density at radius 3 is 2.48 bits per heavy atom. The number of carbonyl (C=O) groups is 4. The molecule has 0 saturated heterocycles. The maximum Gasteiger partial charge on any atom is 0.331 e. The van der Waals surface area contributed by atoms with Crippen LogP contribution in [0.1, 0.15) is 19.4 Å². The summed E-state index contributed by atoms with van der Waals surface area (Å²) < 4.78 is 15.1. The van der Waals surface area contributed by atoms with Crippen molar-refractivity contribution in [2.24, 2.45) is 11.7 Å². The lowest BCUT2D eigenvalue weighted by molar-refractivity contribution is -0.143. The van der Waals surface area contributed by atoms with Crippen LogP contribution in [0.2, 0.25) is 0 Å². The van der Waals surface area contributed by atoms with Crippen molar-refractivity contribution in [2.75, 3.05) is 26.9 Å². The minimum Gasteiger partial charge on any atom is -0.493 e. The summed E-state index contributed by atoms with van der Waals surface area (Å²) in [5, 5.41) is 4.56. The van der Waals surface area contributed by atoms with E-state index in [4.69, 9.17) is 19.9 Å². The zero-order valence-electron chi connectivity index (χ0n) is 16.5. The molecule has 0 fully saturated rings. The number of nitrogens with one attached hydrogen (secondary N) is 2. The minimum atomic E-state index is -0.768. The third-order valence-electron chi connectivity index (χ3n) is 3.24. The number of amides is 4. The van der Waals surface area contributed by atoms with Crippen molar-refractivity contribution in [3.63, 3.8) is 0 Å². The molecule has 0 spiro atoms. The van der Waals surface area contributed by atoms with Crippen LogP contribution in [-0.2, 0) is 19.1 Å². The lowest BCUT2D eigenvalue weighted by Gasteiger charge is -2.10. The number of nitrogens with two attached hydrogens (primary N) is 1. The molecule has 0 aromatic heterocycles. The van der Waals surface area contributed by atoms with E-state index >= 15 is 0 Å². The molecular formula is C19H25N3O7. The highest BCUT2D eigenvalue weighted by Crippen LogP contribution is 2.28. The molecule has 1 rings (SSSR count). The quantitative estimate of drug-likeness (QED) is 0.380. The average molecular weight is 407 g/mol. The topological polar surface area (TPSA) is 146 Å². The Morgan fingerprint density at radius 2 is 1.86 bits per heavy atom. The van der Waals surface area contributed by atoms with E-state index < -0.39 is 30.4 Å². The Labute approximate surface area is 168 Å². The van der Waals surface area contributed by atoms with Crippen LogP contribution in [0.25, 0.3) is 6.08 Å². The molecule has 158 valence electrons. The fourth-order valence-corrected chi connectivity index (χ4v) is 1.91. The van der Waals surface area contributed by atoms with Gasteiger partial charge in [0, 0.05) is 12.6 Å². The second kappa shape index (κ2) is 12.0. The van der Waals surface area contributed by atoms with Crippen molar-refractivity contribution in [3.05, 3.63) is 29.8 Å². The van der Waals surface area contributed by atoms with Gasteiger partial charge in [-0.2, -0.15) is 0 Å². The average Bonchev–Trinajstić information content (AvgIpc) is 2.67. The van der Waals surface area contributed by atoms with E-state index in [0.717, 1.165) is 6.08 Å². The monoisotopic (exact) mass is 407 g/mol. The minimum absolute atomic E-state index is 0.237. The van der Waals surface area contributed by atoms with Crippen LogP contribution < -0.4 is 25.8 Å². The Balaban J connectivity index is 2.52. The summed E-state index contributed by atoms with van der Waals surface area (Å²) in [6.45, 7) is 3.34. The number of primary amides is 1. The molecule has 29 heavy (non-hydrogen) atoms. The van der Waals surface area contributed by atoms with E-state index in [1.807, 2.05) is 13.8 Å². The van der Waals surface area contributed by atoms with Gasteiger partial charge in [-0.25, -0.2) is 9.59 Å². The molecule has 0 heterocycles. The second-order valence-electron chi connectivity index (χ2n) is 6.26. The van der Waals surface area contributed by atoms with Crippen LogP contribution >= 0.6 is 0 Å². The zero-order chi connectivity index (χ0) is 21.8. The van der Waals surface area contributed by atoms with Gasteiger partial charge in [-0.3, -0.25) is 14.9 Å². The summed E-state index contributed by atoms with van der Waals surface area (Å²) in [6.07, 6.45) is 2.56. The summed E-state index contributed by atoms with van der Waals surface area (Å²) in [5.41, 5.74) is 5.61. The molecular weight excluding hydrogens is 382 g/mol. The molecule has 4 N–H and O–H groups in total. The summed E-state index contributed by atoms with van der Waals surface area (Å²) in [4.78, 5) is 45.5. The lowest BCUT2D eigenvalue weighted by Crippen LogP contribution is -2.42. The summed E-state index contributed by atoms with van der Waals surface area (Å²) in [5.74, 6) is -1.24. The first-order chi connectivity index (χ1) is 13.7. The van der Waals surface area contributed by atoms with E-state index in [-0.39, 0.29) is 12.5 Å². The highest BCUT2D eigenvalue weighted by atomic mass is 16.5. The first-order valence-electron chi connectivity index (χ1n) is 8.73. The summed E-state index contributed by atoms with van der Waals surface area (Å²) in [6, 6.07) is 4.09. The molecule has 10 nitrogen and oxygen atoms in total. The molecule has 0 aliphatic rings. The highest BCUT2D eigenvalue weighted by Gasteiger charge is 2.10. The van der Waals surface area contributed by atoms with Gasteiger partial charge in [0.1, 0.15) is 0 Å². The van der Waals surface area contributed by atoms with Gasteiger partial charge in [0.15, 0.2) is 24.7 Å². The van der Waals surface area contributed by atoms with Gasteiger partial charge in [0.2, 0.25) is 0 Å². The van der Waals surface area contributed by atoms with E-state index in [1.165, 1.54) is 13.2 Å². The van der Waals surface area contributed by atoms with Crippen LogP contribution in [0.4, 0.5) is 4.79 Å². The van der Waals surface area contributed by atoms with Crippen LogP contribution in [0, 0.1) is 5.92 Å². The number of hydrogen-bond donors (Lipinski definition) is 3. The fourth-order valence-electron chi connectivity index (χ4n) is 1.91. The van der Waals surface area contributed by atoms with Gasteiger partial charge in [-0.15, -0.1) is 0 Å². The van der Waals surface area contributed by atoms with Crippen LogP contribution in [-0.4, -0.2) is 50.7 Å². The fraction of sp³-hybridized carbons (Fsp3) is 0.368. The van der Waals surface area contributed by atoms with Crippen molar-refractivity contribution in [1.82, 2.24) is 10.6 Å². The second-order valence-corrected chi connectivity index (χ2v) is 6.26. The van der Waals surface area contributed by atoms with Crippen molar-refractivity contribution >= 4 is 29.9 Å². The van der Waals surface area contributed by atoms with Crippen LogP contribution in [0.5, 0.6) is 11.5 Å². The van der Waals surface area contributed by atoms with Crippen molar-refractivity contribution in [3.8, 4) is 11.5 Å². The number of esters is 1. The SMILES string of the molecule is COc1cc(/C=C/C(=O)OCC(=O)NC(=O)NCC(C)C)ccc1OCC(N)=O. The Morgan fingerprint density at radius 1 is 1.14 bits per heavy atom. The normalized spacial score (nSPS) is 10.5. The van der Waals surface area contributed by atoms with Crippen molar-refractivity contribution < 1.29 is 33.4 Å². The molecule has 0 aliphatic carbocycles. The predicted molar refractivity (Wildman–Crippen MR) is 104 cm³/mol. The molecule has 10 heteroatoms. The van der Waals surface area contributed by atoms with Gasteiger partial charge >= 0.3 is 12.0 Å². The van der Waals surface area contributed by atoms with Crippen LogP contribution in [0.15, 0.2) is 24.3 Å². The number of benzene rings is 1. The number of methoxy groups -OCH3 is 1. The zero-order valence-corrected chi connectivity index (χ0v) is 16.5. The molecule has 0 bridgehead atoms. The third-order valence-corrected chi connectivity index (χ3v) is 3.24. The molecule has 0 atom stereocenters.